The predicted octanol–water partition coefficient (Wildman–Crippen LogP) is 7.88. The van der Waals surface area contributed by atoms with E-state index in [1.807, 2.05) is 74.7 Å². The molecule has 3 atom stereocenters. The number of rotatable bonds is 6. The van der Waals surface area contributed by atoms with Gasteiger partial charge in [0.2, 0.25) is 0 Å². The van der Waals surface area contributed by atoms with Gasteiger partial charge in [-0.25, -0.2) is 14.8 Å². The summed E-state index contributed by atoms with van der Waals surface area (Å²) < 4.78 is 6.14. The number of para-hydroxylation sites is 2. The number of likely N-dealkylation sites (tertiary alicyclic amines) is 1. The van der Waals surface area contributed by atoms with Crippen LogP contribution in [-0.4, -0.2) is 42.9 Å². The number of aromatic nitrogens is 3. The number of carbonyl (C=O) groups is 2. The lowest BCUT2D eigenvalue weighted by atomic mass is 9.82. The third-order valence-corrected chi connectivity index (χ3v) is 8.82. The van der Waals surface area contributed by atoms with Crippen molar-refractivity contribution < 1.29 is 14.3 Å². The average Bonchev–Trinajstić information content (AvgIpc) is 3.58. The smallest absolute Gasteiger partial charge is 0.332 e. The molecule has 1 fully saturated rings. The van der Waals surface area contributed by atoms with Gasteiger partial charge in [0.1, 0.15) is 16.1 Å². The Balaban J connectivity index is 1.73. The molecule has 1 aliphatic rings. The third-order valence-electron chi connectivity index (χ3n) is 7.97. The molecule has 8 heteroatoms. The van der Waals surface area contributed by atoms with Gasteiger partial charge in [0.15, 0.2) is 0 Å². The molecule has 5 rings (SSSR count). The highest BCUT2D eigenvalue weighted by Crippen LogP contribution is 2.55. The molecule has 226 valence electrons. The standard InChI is InChI=1S/C35H42N4O3S/c1-22(2)19-35(32(41)42-34(6,7)8)20-25(28-21-37-26-11-9-10-12-27(26)38-28)29(30-36-17-18-43-30)39(35)31(40)23-13-15-24(16-14-23)33(3,4)5/h9-18,21-22,25,29H,19-20H2,1-8H3/t25-,29-,35+/m1/s1. The lowest BCUT2D eigenvalue weighted by molar-refractivity contribution is -0.168. The molecule has 2 aromatic carbocycles. The molecular weight excluding hydrogens is 556 g/mol. The normalized spacial score (nSPS) is 21.0. The quantitative estimate of drug-likeness (QED) is 0.210. The van der Waals surface area contributed by atoms with E-state index in [1.165, 1.54) is 11.3 Å². The molecule has 1 aliphatic heterocycles. The number of amides is 1. The molecule has 0 N–H and O–H groups in total. The second-order valence-corrected chi connectivity index (χ2v) is 15.0. The van der Waals surface area contributed by atoms with Crippen LogP contribution in [0.5, 0.6) is 0 Å². The van der Waals surface area contributed by atoms with Crippen molar-refractivity contribution in [3.8, 4) is 0 Å². The summed E-state index contributed by atoms with van der Waals surface area (Å²) in [4.78, 5) is 45.6. The number of thiazole rings is 1. The molecule has 2 aromatic heterocycles. The Labute approximate surface area is 258 Å². The van der Waals surface area contributed by atoms with Crippen LogP contribution in [-0.2, 0) is 14.9 Å². The Morgan fingerprint density at radius 1 is 1.00 bits per heavy atom. The van der Waals surface area contributed by atoms with Crippen molar-refractivity contribution in [3.05, 3.63) is 88.1 Å². The summed E-state index contributed by atoms with van der Waals surface area (Å²) in [7, 11) is 0. The maximum Gasteiger partial charge on any atom is 0.332 e. The van der Waals surface area contributed by atoms with Crippen LogP contribution < -0.4 is 0 Å². The molecular formula is C35H42N4O3S. The van der Waals surface area contributed by atoms with Gasteiger partial charge in [-0.3, -0.25) is 9.78 Å². The SMILES string of the molecule is CC(C)C[C@@]1(C(=O)OC(C)(C)C)C[C@H](c2cnc3ccccc3n2)[C@H](c2nccs2)N1C(=O)c1ccc(C(C)(C)C)cc1. The third kappa shape index (κ3) is 6.21. The molecule has 0 spiro atoms. The number of esters is 1. The van der Waals surface area contributed by atoms with Gasteiger partial charge < -0.3 is 9.64 Å². The first-order valence-corrected chi connectivity index (χ1v) is 15.9. The van der Waals surface area contributed by atoms with Gasteiger partial charge in [-0.2, -0.15) is 0 Å². The van der Waals surface area contributed by atoms with E-state index >= 15 is 0 Å². The number of hydrogen-bond donors (Lipinski definition) is 0. The van der Waals surface area contributed by atoms with Crippen molar-refractivity contribution in [2.75, 3.05) is 0 Å². The summed E-state index contributed by atoms with van der Waals surface area (Å²) in [6.45, 7) is 16.2. The van der Waals surface area contributed by atoms with Crippen LogP contribution in [0, 0.1) is 5.92 Å². The fraction of sp³-hybridized carbons (Fsp3) is 0.457. The minimum absolute atomic E-state index is 0.0591. The predicted molar refractivity (Wildman–Crippen MR) is 171 cm³/mol. The van der Waals surface area contributed by atoms with Crippen molar-refractivity contribution in [1.29, 1.82) is 0 Å². The van der Waals surface area contributed by atoms with Crippen LogP contribution in [0.3, 0.4) is 0 Å². The molecule has 0 radical (unpaired) electrons. The maximum absolute atomic E-state index is 14.8. The van der Waals surface area contributed by atoms with E-state index < -0.39 is 23.2 Å². The van der Waals surface area contributed by atoms with Gasteiger partial charge >= 0.3 is 5.97 Å². The average molecular weight is 599 g/mol. The number of hydrogen-bond acceptors (Lipinski definition) is 7. The molecule has 0 saturated carbocycles. The largest absolute Gasteiger partial charge is 0.458 e. The maximum atomic E-state index is 14.8. The minimum Gasteiger partial charge on any atom is -0.458 e. The van der Waals surface area contributed by atoms with E-state index in [1.54, 1.807) is 17.3 Å². The zero-order valence-electron chi connectivity index (χ0n) is 26.4. The van der Waals surface area contributed by atoms with E-state index in [2.05, 4.69) is 34.6 Å². The molecule has 7 nitrogen and oxygen atoms in total. The second kappa shape index (κ2) is 11.5. The first-order chi connectivity index (χ1) is 20.2. The summed E-state index contributed by atoms with van der Waals surface area (Å²) in [5, 5.41) is 2.67. The molecule has 43 heavy (non-hydrogen) atoms. The van der Waals surface area contributed by atoms with Gasteiger partial charge in [-0.05, 0) is 74.8 Å². The van der Waals surface area contributed by atoms with Crippen molar-refractivity contribution >= 4 is 34.2 Å². The Bertz CT molecular complexity index is 1600. The van der Waals surface area contributed by atoms with Gasteiger partial charge in [0.25, 0.3) is 5.91 Å². The van der Waals surface area contributed by atoms with Crippen molar-refractivity contribution in [2.45, 2.75) is 96.7 Å². The molecule has 0 bridgehead atoms. The highest BCUT2D eigenvalue weighted by molar-refractivity contribution is 7.09. The molecule has 1 saturated heterocycles. The summed E-state index contributed by atoms with van der Waals surface area (Å²) in [5.41, 5.74) is 1.92. The van der Waals surface area contributed by atoms with Crippen LogP contribution in [0.25, 0.3) is 11.0 Å². The number of carbonyl (C=O) groups excluding carboxylic acids is 2. The van der Waals surface area contributed by atoms with Crippen LogP contribution in [0.4, 0.5) is 0 Å². The second-order valence-electron chi connectivity index (χ2n) is 14.0. The van der Waals surface area contributed by atoms with Crippen LogP contribution in [0.15, 0.2) is 66.3 Å². The van der Waals surface area contributed by atoms with Gasteiger partial charge in [0.05, 0.1) is 22.8 Å². The monoisotopic (exact) mass is 598 g/mol. The van der Waals surface area contributed by atoms with E-state index in [0.717, 1.165) is 27.3 Å². The molecule has 4 aromatic rings. The van der Waals surface area contributed by atoms with E-state index in [0.29, 0.717) is 18.4 Å². The van der Waals surface area contributed by atoms with Crippen LogP contribution >= 0.6 is 11.3 Å². The fourth-order valence-corrected chi connectivity index (χ4v) is 6.96. The van der Waals surface area contributed by atoms with Gasteiger partial charge in [0, 0.05) is 29.3 Å². The summed E-state index contributed by atoms with van der Waals surface area (Å²) >= 11 is 1.48. The zero-order valence-corrected chi connectivity index (χ0v) is 27.2. The number of ether oxygens (including phenoxy) is 1. The Morgan fingerprint density at radius 2 is 1.67 bits per heavy atom. The van der Waals surface area contributed by atoms with E-state index in [9.17, 15) is 9.59 Å². The molecule has 3 heterocycles. The minimum atomic E-state index is -1.24. The summed E-state index contributed by atoms with van der Waals surface area (Å²) in [6.07, 6.45) is 4.32. The Kier molecular flexibility index (Phi) is 8.20. The lowest BCUT2D eigenvalue weighted by Crippen LogP contribution is -2.56. The molecule has 0 aliphatic carbocycles. The van der Waals surface area contributed by atoms with Crippen molar-refractivity contribution in [1.82, 2.24) is 19.9 Å². The van der Waals surface area contributed by atoms with Crippen LogP contribution in [0.2, 0.25) is 0 Å². The van der Waals surface area contributed by atoms with E-state index in [-0.39, 0.29) is 23.2 Å². The van der Waals surface area contributed by atoms with Gasteiger partial charge in [-0.1, -0.05) is 58.9 Å². The first-order valence-electron chi connectivity index (χ1n) is 15.0. The highest BCUT2D eigenvalue weighted by atomic mass is 32.1. The number of benzene rings is 2. The summed E-state index contributed by atoms with van der Waals surface area (Å²) in [6, 6.07) is 15.0. The fourth-order valence-electron chi connectivity index (χ4n) is 6.17. The van der Waals surface area contributed by atoms with E-state index in [4.69, 9.17) is 19.7 Å². The molecule has 0 unspecified atom stereocenters. The van der Waals surface area contributed by atoms with Crippen molar-refractivity contribution in [2.24, 2.45) is 5.92 Å². The topological polar surface area (TPSA) is 85.3 Å². The Hall–Kier alpha value is -3.65. The highest BCUT2D eigenvalue weighted by Gasteiger charge is 2.61. The van der Waals surface area contributed by atoms with Crippen LogP contribution in [0.1, 0.15) is 107 Å². The molecule has 1 amide bonds. The summed E-state index contributed by atoms with van der Waals surface area (Å²) in [5.74, 6) is -0.841. The Morgan fingerprint density at radius 3 is 2.26 bits per heavy atom. The van der Waals surface area contributed by atoms with Crippen molar-refractivity contribution in [3.63, 3.8) is 0 Å². The zero-order chi connectivity index (χ0) is 31.2. The number of nitrogens with zero attached hydrogens (tertiary/aromatic N) is 4. The number of fused-ring (bicyclic) bond motifs is 1. The lowest BCUT2D eigenvalue weighted by Gasteiger charge is -2.41. The van der Waals surface area contributed by atoms with Gasteiger partial charge in [-0.15, -0.1) is 11.3 Å². The first kappa shape index (κ1) is 30.8.